The van der Waals surface area contributed by atoms with Gasteiger partial charge in [-0.1, -0.05) is 0 Å². The third-order valence-corrected chi connectivity index (χ3v) is 4.61. The second-order valence-electron chi connectivity index (χ2n) is 6.69. The lowest BCUT2D eigenvalue weighted by atomic mass is 9.91. The summed E-state index contributed by atoms with van der Waals surface area (Å²) in [5, 5.41) is 0. The Morgan fingerprint density at radius 1 is 1.31 bits per heavy atom. The summed E-state index contributed by atoms with van der Waals surface area (Å²) >= 11 is 0. The van der Waals surface area contributed by atoms with Crippen molar-refractivity contribution in [3.63, 3.8) is 0 Å². The minimum atomic E-state index is -0.772. The molecule has 2 aliphatic heterocycles. The summed E-state index contributed by atoms with van der Waals surface area (Å²) in [6.07, 6.45) is 0.475. The molecule has 0 spiro atoms. The van der Waals surface area contributed by atoms with Crippen molar-refractivity contribution in [3.8, 4) is 5.75 Å². The van der Waals surface area contributed by atoms with Gasteiger partial charge in [-0.05, 0) is 38.8 Å². The van der Waals surface area contributed by atoms with Crippen molar-refractivity contribution in [3.05, 3.63) is 24.0 Å². The summed E-state index contributed by atoms with van der Waals surface area (Å²) in [6.45, 7) is 3.88. The molecular formula is C18H21FN2O5. The van der Waals surface area contributed by atoms with E-state index in [1.807, 2.05) is 13.8 Å². The van der Waals surface area contributed by atoms with Crippen LogP contribution in [0.15, 0.2) is 18.2 Å². The minimum absolute atomic E-state index is 0.111. The maximum Gasteiger partial charge on any atom is 0.332 e. The quantitative estimate of drug-likeness (QED) is 0.605. The van der Waals surface area contributed by atoms with Crippen molar-refractivity contribution in [1.29, 1.82) is 0 Å². The third kappa shape index (κ3) is 3.11. The molecule has 8 heteroatoms. The van der Waals surface area contributed by atoms with E-state index >= 15 is 0 Å². The molecule has 0 saturated carbocycles. The number of carbonyl (C=O) groups is 3. The molecule has 1 aromatic rings. The first-order chi connectivity index (χ1) is 12.3. The zero-order chi connectivity index (χ0) is 19.0. The van der Waals surface area contributed by atoms with Crippen LogP contribution in [-0.2, 0) is 14.3 Å². The standard InChI is InChI=1S/C18H21FN2O5/c1-10(2)26-12-4-5-14(13(19)9-12)21-16(22)15-8-11(17(23)25-3)6-7-20(15)18(21)24/h4-5,9-11,15H,6-8H2,1-3H3. The fraction of sp³-hybridized carbons (Fsp3) is 0.500. The van der Waals surface area contributed by atoms with Gasteiger partial charge < -0.3 is 14.4 Å². The first kappa shape index (κ1) is 18.2. The number of carbonyl (C=O) groups excluding carboxylic acids is 3. The molecule has 2 unspecified atom stereocenters. The lowest BCUT2D eigenvalue weighted by Crippen LogP contribution is -2.44. The van der Waals surface area contributed by atoms with Crippen molar-refractivity contribution in [2.24, 2.45) is 5.92 Å². The van der Waals surface area contributed by atoms with E-state index in [1.165, 1.54) is 24.1 Å². The smallest absolute Gasteiger partial charge is 0.332 e. The van der Waals surface area contributed by atoms with Crippen molar-refractivity contribution in [2.45, 2.75) is 38.8 Å². The average Bonchev–Trinajstić information content (AvgIpc) is 2.85. The fourth-order valence-electron chi connectivity index (χ4n) is 3.42. The van der Waals surface area contributed by atoms with Crippen LogP contribution in [0, 0.1) is 11.7 Å². The van der Waals surface area contributed by atoms with E-state index in [2.05, 4.69) is 0 Å². The summed E-state index contributed by atoms with van der Waals surface area (Å²) in [4.78, 5) is 39.3. The Kier molecular flexibility index (Phi) is 4.84. The van der Waals surface area contributed by atoms with Crippen LogP contribution in [0.4, 0.5) is 14.9 Å². The van der Waals surface area contributed by atoms with Crippen molar-refractivity contribution in [2.75, 3.05) is 18.6 Å². The molecule has 3 rings (SSSR count). The highest BCUT2D eigenvalue weighted by molar-refractivity contribution is 6.21. The number of urea groups is 1. The molecule has 2 saturated heterocycles. The van der Waals surface area contributed by atoms with E-state index in [4.69, 9.17) is 9.47 Å². The topological polar surface area (TPSA) is 76.2 Å². The van der Waals surface area contributed by atoms with Gasteiger partial charge in [0, 0.05) is 12.6 Å². The van der Waals surface area contributed by atoms with Gasteiger partial charge in [0.05, 0.1) is 24.8 Å². The predicted molar refractivity (Wildman–Crippen MR) is 90.3 cm³/mol. The Morgan fingerprint density at radius 2 is 2.04 bits per heavy atom. The van der Waals surface area contributed by atoms with E-state index < -0.39 is 35.7 Å². The van der Waals surface area contributed by atoms with Crippen LogP contribution >= 0.6 is 0 Å². The summed E-state index contributed by atoms with van der Waals surface area (Å²) in [5.41, 5.74) is -0.111. The largest absolute Gasteiger partial charge is 0.491 e. The van der Waals surface area contributed by atoms with Gasteiger partial charge in [0.2, 0.25) is 0 Å². The fourth-order valence-corrected chi connectivity index (χ4v) is 3.42. The van der Waals surface area contributed by atoms with E-state index in [9.17, 15) is 18.8 Å². The van der Waals surface area contributed by atoms with E-state index in [0.29, 0.717) is 12.2 Å². The number of halogens is 1. The molecule has 26 heavy (non-hydrogen) atoms. The van der Waals surface area contributed by atoms with Crippen LogP contribution in [0.3, 0.4) is 0 Å². The monoisotopic (exact) mass is 364 g/mol. The number of hydrogen-bond donors (Lipinski definition) is 0. The molecule has 0 bridgehead atoms. The number of esters is 1. The highest BCUT2D eigenvalue weighted by Gasteiger charge is 2.50. The van der Waals surface area contributed by atoms with Gasteiger partial charge in [-0.15, -0.1) is 0 Å². The van der Waals surface area contributed by atoms with Gasteiger partial charge in [0.25, 0.3) is 5.91 Å². The Bertz CT molecular complexity index is 751. The van der Waals surface area contributed by atoms with Crippen molar-refractivity contribution < 1.29 is 28.2 Å². The molecule has 2 heterocycles. The number of amides is 3. The highest BCUT2D eigenvalue weighted by atomic mass is 19.1. The Labute approximate surface area is 150 Å². The predicted octanol–water partition coefficient (Wildman–Crippen LogP) is 2.33. The number of imide groups is 1. The molecular weight excluding hydrogens is 343 g/mol. The molecule has 0 aromatic heterocycles. The molecule has 0 radical (unpaired) electrons. The zero-order valence-electron chi connectivity index (χ0n) is 14.9. The molecule has 0 N–H and O–H groups in total. The number of fused-ring (bicyclic) bond motifs is 1. The number of benzene rings is 1. The Hall–Kier alpha value is -2.64. The second kappa shape index (κ2) is 6.93. The molecule has 140 valence electrons. The van der Waals surface area contributed by atoms with Crippen LogP contribution in [0.2, 0.25) is 0 Å². The molecule has 2 fully saturated rings. The normalized spacial score (nSPS) is 22.7. The summed E-state index contributed by atoms with van der Waals surface area (Å²) in [7, 11) is 1.29. The van der Waals surface area contributed by atoms with Crippen LogP contribution in [0.1, 0.15) is 26.7 Å². The van der Waals surface area contributed by atoms with Gasteiger partial charge in [0.15, 0.2) is 5.82 Å². The number of hydrogen-bond acceptors (Lipinski definition) is 5. The highest BCUT2D eigenvalue weighted by Crippen LogP contribution is 2.35. The van der Waals surface area contributed by atoms with Crippen molar-refractivity contribution in [1.82, 2.24) is 4.90 Å². The number of rotatable bonds is 4. The lowest BCUT2D eigenvalue weighted by molar-refractivity contribution is -0.147. The average molecular weight is 364 g/mol. The second-order valence-corrected chi connectivity index (χ2v) is 6.69. The van der Waals surface area contributed by atoms with E-state index in [-0.39, 0.29) is 24.8 Å². The SMILES string of the molecule is COC(=O)C1CCN2C(=O)N(c3ccc(OC(C)C)cc3F)C(=O)C2C1. The summed E-state index contributed by atoms with van der Waals surface area (Å²) in [5.74, 6) is -1.76. The van der Waals surface area contributed by atoms with E-state index in [1.54, 1.807) is 0 Å². The van der Waals surface area contributed by atoms with Gasteiger partial charge in [-0.2, -0.15) is 0 Å². The minimum Gasteiger partial charge on any atom is -0.491 e. The van der Waals surface area contributed by atoms with Gasteiger partial charge >= 0.3 is 12.0 Å². The number of ether oxygens (including phenoxy) is 2. The molecule has 1 aromatic carbocycles. The lowest BCUT2D eigenvalue weighted by Gasteiger charge is -2.30. The van der Waals surface area contributed by atoms with Crippen LogP contribution in [0.25, 0.3) is 0 Å². The van der Waals surface area contributed by atoms with Gasteiger partial charge in [-0.3, -0.25) is 9.59 Å². The number of piperidine rings is 1. The van der Waals surface area contributed by atoms with Gasteiger partial charge in [0.1, 0.15) is 11.8 Å². The van der Waals surface area contributed by atoms with E-state index in [0.717, 1.165) is 11.0 Å². The molecule has 2 aliphatic rings. The summed E-state index contributed by atoms with van der Waals surface area (Å²) < 4.78 is 24.7. The Morgan fingerprint density at radius 3 is 2.65 bits per heavy atom. The van der Waals surface area contributed by atoms with Crippen LogP contribution in [0.5, 0.6) is 5.75 Å². The zero-order valence-corrected chi connectivity index (χ0v) is 14.9. The maximum atomic E-state index is 14.5. The molecule has 7 nitrogen and oxygen atoms in total. The molecule has 3 amide bonds. The third-order valence-electron chi connectivity index (χ3n) is 4.61. The molecule has 2 atom stereocenters. The number of nitrogens with zero attached hydrogens (tertiary/aromatic N) is 2. The number of anilines is 1. The van der Waals surface area contributed by atoms with Crippen molar-refractivity contribution >= 4 is 23.6 Å². The van der Waals surface area contributed by atoms with Crippen LogP contribution < -0.4 is 9.64 Å². The molecule has 0 aliphatic carbocycles. The Balaban J connectivity index is 1.85. The van der Waals surface area contributed by atoms with Gasteiger partial charge in [-0.25, -0.2) is 14.1 Å². The number of methoxy groups -OCH3 is 1. The first-order valence-corrected chi connectivity index (χ1v) is 8.52. The maximum absolute atomic E-state index is 14.5. The first-order valence-electron chi connectivity index (χ1n) is 8.52. The summed E-state index contributed by atoms with van der Waals surface area (Å²) in [6, 6.07) is 2.70. The van der Waals surface area contributed by atoms with Crippen LogP contribution in [-0.4, -0.2) is 48.6 Å².